The average Bonchev–Trinajstić information content (AvgIpc) is 2.94. The number of aryl methyl sites for hydroxylation is 1. The van der Waals surface area contributed by atoms with Crippen molar-refractivity contribution in [3.63, 3.8) is 0 Å². The van der Waals surface area contributed by atoms with Crippen molar-refractivity contribution in [1.82, 2.24) is 14.3 Å². The van der Waals surface area contributed by atoms with E-state index in [0.717, 1.165) is 35.7 Å². The largest absolute Gasteiger partial charge is 0.399 e. The van der Waals surface area contributed by atoms with E-state index < -0.39 is 0 Å². The van der Waals surface area contributed by atoms with E-state index in [1.54, 1.807) is 0 Å². The Balaban J connectivity index is 1.83. The summed E-state index contributed by atoms with van der Waals surface area (Å²) in [6, 6.07) is 13.0. The summed E-state index contributed by atoms with van der Waals surface area (Å²) in [5.41, 5.74) is 12.5. The zero-order valence-corrected chi connectivity index (χ0v) is 15.1. The lowest BCUT2D eigenvalue weighted by Gasteiger charge is -2.33. The van der Waals surface area contributed by atoms with Crippen molar-refractivity contribution in [3.8, 4) is 11.3 Å². The molecule has 2 aromatic heterocycles. The van der Waals surface area contributed by atoms with Crippen LogP contribution in [0.5, 0.6) is 0 Å². The summed E-state index contributed by atoms with van der Waals surface area (Å²) in [7, 11) is 0. The Hall–Kier alpha value is -2.33. The molecule has 3 aromatic rings. The summed E-state index contributed by atoms with van der Waals surface area (Å²) >= 11 is 0. The van der Waals surface area contributed by atoms with Crippen molar-refractivity contribution in [1.29, 1.82) is 0 Å². The summed E-state index contributed by atoms with van der Waals surface area (Å²) in [6.07, 6.45) is 6.06. The highest BCUT2D eigenvalue weighted by Gasteiger charge is 2.22. The Morgan fingerprint density at radius 2 is 2.08 bits per heavy atom. The lowest BCUT2D eigenvalue weighted by molar-refractivity contribution is 0.151. The van der Waals surface area contributed by atoms with Gasteiger partial charge in [0.2, 0.25) is 0 Å². The maximum absolute atomic E-state index is 6.03. The molecule has 0 bridgehead atoms. The fraction of sp³-hybridized carbons (Fsp3) is 0.381. The van der Waals surface area contributed by atoms with Crippen LogP contribution in [0.2, 0.25) is 0 Å². The molecule has 1 unspecified atom stereocenters. The maximum atomic E-state index is 6.03. The molecule has 0 radical (unpaired) electrons. The van der Waals surface area contributed by atoms with Crippen LogP contribution in [0, 0.1) is 6.92 Å². The van der Waals surface area contributed by atoms with Crippen LogP contribution in [0.3, 0.4) is 0 Å². The first-order valence-electron chi connectivity index (χ1n) is 9.19. The summed E-state index contributed by atoms with van der Waals surface area (Å²) in [5, 5.41) is 0. The summed E-state index contributed by atoms with van der Waals surface area (Å²) < 4.78 is 2.24. The molecule has 2 N–H and O–H groups in total. The van der Waals surface area contributed by atoms with E-state index in [1.807, 2.05) is 18.2 Å². The van der Waals surface area contributed by atoms with E-state index >= 15 is 0 Å². The van der Waals surface area contributed by atoms with E-state index in [1.165, 1.54) is 30.5 Å². The number of hydrogen-bond acceptors (Lipinski definition) is 3. The van der Waals surface area contributed by atoms with Crippen LogP contribution in [0.15, 0.2) is 42.6 Å². The molecular weight excluding hydrogens is 308 g/mol. The number of nitrogens with zero attached hydrogens (tertiary/aromatic N) is 3. The molecule has 0 aliphatic carbocycles. The first kappa shape index (κ1) is 16.2. The van der Waals surface area contributed by atoms with Gasteiger partial charge >= 0.3 is 0 Å². The zero-order chi connectivity index (χ0) is 17.4. The standard InChI is InChI=1S/C21H26N4/c1-15-9-11-25-19(14-24-10-4-3-6-16(24)2)21(23-20(25)12-15)17-7-5-8-18(22)13-17/h5,7-9,11-13,16H,3-4,6,10,14,22H2,1-2H3. The molecule has 1 fully saturated rings. The van der Waals surface area contributed by atoms with Crippen molar-refractivity contribution in [3.05, 3.63) is 53.9 Å². The molecule has 3 heterocycles. The van der Waals surface area contributed by atoms with E-state index in [0.29, 0.717) is 6.04 Å². The van der Waals surface area contributed by atoms with Gasteiger partial charge in [-0.05, 0) is 63.1 Å². The summed E-state index contributed by atoms with van der Waals surface area (Å²) in [5.74, 6) is 0. The van der Waals surface area contributed by atoms with Gasteiger partial charge in [-0.1, -0.05) is 18.6 Å². The van der Waals surface area contributed by atoms with Crippen molar-refractivity contribution in [2.75, 3.05) is 12.3 Å². The second-order valence-corrected chi connectivity index (χ2v) is 7.28. The second-order valence-electron chi connectivity index (χ2n) is 7.28. The molecule has 4 heteroatoms. The minimum atomic E-state index is 0.624. The fourth-order valence-electron chi connectivity index (χ4n) is 3.85. The highest BCUT2D eigenvalue weighted by molar-refractivity contribution is 5.69. The van der Waals surface area contributed by atoms with Gasteiger partial charge in [-0.25, -0.2) is 4.98 Å². The van der Waals surface area contributed by atoms with Gasteiger partial charge in [-0.3, -0.25) is 4.90 Å². The molecule has 1 saturated heterocycles. The van der Waals surface area contributed by atoms with Crippen molar-refractivity contribution in [2.45, 2.75) is 45.7 Å². The summed E-state index contributed by atoms with van der Waals surface area (Å²) in [4.78, 5) is 7.54. The van der Waals surface area contributed by atoms with Gasteiger partial charge < -0.3 is 10.1 Å². The highest BCUT2D eigenvalue weighted by atomic mass is 15.2. The van der Waals surface area contributed by atoms with E-state index in [9.17, 15) is 0 Å². The maximum Gasteiger partial charge on any atom is 0.137 e. The molecule has 1 aromatic carbocycles. The quantitative estimate of drug-likeness (QED) is 0.728. The number of pyridine rings is 1. The molecule has 130 valence electrons. The Kier molecular flexibility index (Phi) is 4.22. The van der Waals surface area contributed by atoms with Crippen molar-refractivity contribution >= 4 is 11.3 Å². The second kappa shape index (κ2) is 6.52. The third-order valence-corrected chi connectivity index (χ3v) is 5.33. The van der Waals surface area contributed by atoms with Gasteiger partial charge in [0.15, 0.2) is 0 Å². The Morgan fingerprint density at radius 3 is 2.88 bits per heavy atom. The van der Waals surface area contributed by atoms with Gasteiger partial charge in [0.25, 0.3) is 0 Å². The topological polar surface area (TPSA) is 46.6 Å². The lowest BCUT2D eigenvalue weighted by atomic mass is 10.0. The number of piperidine rings is 1. The average molecular weight is 334 g/mol. The lowest BCUT2D eigenvalue weighted by Crippen LogP contribution is -2.37. The normalized spacial score (nSPS) is 18.7. The minimum absolute atomic E-state index is 0.624. The third kappa shape index (κ3) is 3.14. The first-order chi connectivity index (χ1) is 12.1. The SMILES string of the molecule is Cc1ccn2c(CN3CCCCC3C)c(-c3cccc(N)c3)nc2c1. The first-order valence-corrected chi connectivity index (χ1v) is 9.19. The monoisotopic (exact) mass is 334 g/mol. The number of hydrogen-bond donors (Lipinski definition) is 1. The Morgan fingerprint density at radius 1 is 1.20 bits per heavy atom. The highest BCUT2D eigenvalue weighted by Crippen LogP contribution is 2.29. The molecule has 4 rings (SSSR count). The van der Waals surface area contributed by atoms with Crippen molar-refractivity contribution < 1.29 is 0 Å². The predicted molar refractivity (Wildman–Crippen MR) is 104 cm³/mol. The number of nitrogen functional groups attached to an aromatic ring is 1. The summed E-state index contributed by atoms with van der Waals surface area (Å²) in [6.45, 7) is 6.54. The smallest absolute Gasteiger partial charge is 0.137 e. The molecule has 25 heavy (non-hydrogen) atoms. The van der Waals surface area contributed by atoms with Crippen molar-refractivity contribution in [2.24, 2.45) is 0 Å². The number of likely N-dealkylation sites (tertiary alicyclic amines) is 1. The molecule has 0 amide bonds. The number of aromatic nitrogens is 2. The molecule has 4 nitrogen and oxygen atoms in total. The molecule has 1 atom stereocenters. The number of rotatable bonds is 3. The van der Waals surface area contributed by atoms with Gasteiger partial charge in [0.05, 0.1) is 11.4 Å². The van der Waals surface area contributed by atoms with Crippen LogP contribution >= 0.6 is 0 Å². The molecular formula is C21H26N4. The van der Waals surface area contributed by atoms with Gasteiger partial charge in [-0.15, -0.1) is 0 Å². The third-order valence-electron chi connectivity index (χ3n) is 5.33. The van der Waals surface area contributed by atoms with Gasteiger partial charge in [0, 0.05) is 30.0 Å². The number of benzene rings is 1. The zero-order valence-electron chi connectivity index (χ0n) is 15.1. The van der Waals surface area contributed by atoms with Crippen LogP contribution in [-0.2, 0) is 6.54 Å². The molecule has 1 aliphatic heterocycles. The Bertz CT molecular complexity index is 896. The number of anilines is 1. The van der Waals surface area contributed by atoms with E-state index in [4.69, 9.17) is 10.7 Å². The predicted octanol–water partition coefficient (Wildman–Crippen LogP) is 4.27. The van der Waals surface area contributed by atoms with Crippen LogP contribution < -0.4 is 5.73 Å². The number of fused-ring (bicyclic) bond motifs is 1. The number of imidazole rings is 1. The van der Waals surface area contributed by atoms with Gasteiger partial charge in [0.1, 0.15) is 5.65 Å². The van der Waals surface area contributed by atoms with Crippen LogP contribution in [0.4, 0.5) is 5.69 Å². The van der Waals surface area contributed by atoms with E-state index in [2.05, 4.69) is 47.5 Å². The van der Waals surface area contributed by atoms with Crippen LogP contribution in [0.1, 0.15) is 37.4 Å². The van der Waals surface area contributed by atoms with Crippen LogP contribution in [0.25, 0.3) is 16.9 Å². The molecule has 1 aliphatic rings. The van der Waals surface area contributed by atoms with E-state index in [-0.39, 0.29) is 0 Å². The number of nitrogens with two attached hydrogens (primary N) is 1. The molecule has 0 saturated carbocycles. The van der Waals surface area contributed by atoms with Crippen LogP contribution in [-0.4, -0.2) is 26.9 Å². The fourth-order valence-corrected chi connectivity index (χ4v) is 3.85. The minimum Gasteiger partial charge on any atom is -0.399 e. The van der Waals surface area contributed by atoms with Gasteiger partial charge in [-0.2, -0.15) is 0 Å². The molecule has 0 spiro atoms. The Labute approximate surface area is 149 Å².